The quantitative estimate of drug-likeness (QED) is 0.715. The lowest BCUT2D eigenvalue weighted by Gasteiger charge is -2.22. The molecular formula is C16H23NO5. The van der Waals surface area contributed by atoms with Gasteiger partial charge in [0.1, 0.15) is 18.0 Å². The third-order valence-corrected chi connectivity index (χ3v) is 3.76. The monoisotopic (exact) mass is 309 g/mol. The maximum absolute atomic E-state index is 11.7. The topological polar surface area (TPSA) is 77.0 Å². The first-order valence-electron chi connectivity index (χ1n) is 7.37. The van der Waals surface area contributed by atoms with E-state index >= 15 is 0 Å². The number of rotatable bonds is 7. The van der Waals surface area contributed by atoms with Gasteiger partial charge in [-0.05, 0) is 24.1 Å². The second kappa shape index (κ2) is 8.12. The van der Waals surface area contributed by atoms with Gasteiger partial charge in [-0.3, -0.25) is 4.79 Å². The first-order valence-corrected chi connectivity index (χ1v) is 7.37. The normalized spacial score (nSPS) is 24.2. The summed E-state index contributed by atoms with van der Waals surface area (Å²) in [6.45, 7) is 0.737. The van der Waals surface area contributed by atoms with Crippen LogP contribution in [0.5, 0.6) is 5.75 Å². The van der Waals surface area contributed by atoms with E-state index in [9.17, 15) is 9.90 Å². The van der Waals surface area contributed by atoms with Gasteiger partial charge in [0, 0.05) is 13.7 Å². The molecule has 0 spiro atoms. The van der Waals surface area contributed by atoms with Crippen molar-refractivity contribution in [2.75, 3.05) is 27.4 Å². The fourth-order valence-electron chi connectivity index (χ4n) is 2.53. The van der Waals surface area contributed by atoms with E-state index in [1.54, 1.807) is 7.11 Å². The van der Waals surface area contributed by atoms with Gasteiger partial charge in [-0.2, -0.15) is 0 Å². The van der Waals surface area contributed by atoms with Gasteiger partial charge >= 0.3 is 5.97 Å². The molecule has 22 heavy (non-hydrogen) atoms. The van der Waals surface area contributed by atoms with Crippen molar-refractivity contribution in [3.8, 4) is 5.75 Å². The van der Waals surface area contributed by atoms with Crippen LogP contribution in [0.3, 0.4) is 0 Å². The maximum Gasteiger partial charge on any atom is 0.308 e. The first kappa shape index (κ1) is 16.7. The Morgan fingerprint density at radius 2 is 2.05 bits per heavy atom. The minimum Gasteiger partial charge on any atom is -0.497 e. The molecule has 1 aliphatic rings. The van der Waals surface area contributed by atoms with Crippen LogP contribution >= 0.6 is 0 Å². The molecule has 0 radical (unpaired) electrons. The minimum absolute atomic E-state index is 0.102. The molecule has 2 N–H and O–H groups in total. The summed E-state index contributed by atoms with van der Waals surface area (Å²) in [4.78, 5) is 11.7. The van der Waals surface area contributed by atoms with Crippen LogP contribution in [-0.2, 0) is 20.7 Å². The Kier molecular flexibility index (Phi) is 6.18. The highest BCUT2D eigenvalue weighted by Crippen LogP contribution is 2.19. The molecule has 0 unspecified atom stereocenters. The Morgan fingerprint density at radius 1 is 1.32 bits per heavy atom. The molecule has 1 heterocycles. The summed E-state index contributed by atoms with van der Waals surface area (Å²) in [5.74, 6) is 0.444. The van der Waals surface area contributed by atoms with Crippen molar-refractivity contribution in [2.45, 2.75) is 31.1 Å². The van der Waals surface area contributed by atoms with Crippen molar-refractivity contribution in [1.82, 2.24) is 5.32 Å². The van der Waals surface area contributed by atoms with Crippen LogP contribution in [0.2, 0.25) is 0 Å². The second-order valence-electron chi connectivity index (χ2n) is 5.33. The van der Waals surface area contributed by atoms with Crippen LogP contribution in [0.4, 0.5) is 0 Å². The lowest BCUT2D eigenvalue weighted by Crippen LogP contribution is -2.39. The van der Waals surface area contributed by atoms with E-state index in [1.165, 1.54) is 7.11 Å². The number of carbonyl (C=O) groups excluding carboxylic acids is 1. The van der Waals surface area contributed by atoms with Gasteiger partial charge in [-0.1, -0.05) is 12.1 Å². The van der Waals surface area contributed by atoms with Crippen LogP contribution < -0.4 is 10.1 Å². The predicted octanol–water partition coefficient (Wildman–Crippen LogP) is 0.519. The standard InChI is InChI=1S/C16H23NO5/c1-20-8-7-15(19)22-16-13(17-10-14(16)18)9-11-3-5-12(21-2)6-4-11/h3-6,13-14,16-18H,7-10H2,1-2H3/t13-,14+,16+/m1/s1. The zero-order valence-corrected chi connectivity index (χ0v) is 13.0. The number of carbonyl (C=O) groups is 1. The molecule has 122 valence electrons. The predicted molar refractivity (Wildman–Crippen MR) is 80.9 cm³/mol. The molecule has 1 saturated heterocycles. The lowest BCUT2D eigenvalue weighted by molar-refractivity contribution is -0.155. The molecule has 0 saturated carbocycles. The van der Waals surface area contributed by atoms with Crippen molar-refractivity contribution in [2.24, 2.45) is 0 Å². The van der Waals surface area contributed by atoms with E-state index < -0.39 is 12.2 Å². The molecule has 0 aliphatic carbocycles. The van der Waals surface area contributed by atoms with E-state index in [0.29, 0.717) is 19.6 Å². The summed E-state index contributed by atoms with van der Waals surface area (Å²) >= 11 is 0. The molecule has 0 amide bonds. The number of aliphatic hydroxyl groups excluding tert-OH is 1. The SMILES string of the molecule is COCCC(=O)O[C@@H]1[C@@H](O)CN[C@@H]1Cc1ccc(OC)cc1. The number of methoxy groups -OCH3 is 2. The molecule has 2 rings (SSSR count). The molecule has 0 bridgehead atoms. The van der Waals surface area contributed by atoms with Crippen LogP contribution in [0.15, 0.2) is 24.3 Å². The largest absolute Gasteiger partial charge is 0.497 e. The van der Waals surface area contributed by atoms with Gasteiger partial charge in [0.15, 0.2) is 0 Å². The van der Waals surface area contributed by atoms with Crippen molar-refractivity contribution < 1.29 is 24.1 Å². The highest BCUT2D eigenvalue weighted by Gasteiger charge is 2.37. The molecule has 1 fully saturated rings. The first-order chi connectivity index (χ1) is 10.6. The molecule has 3 atom stereocenters. The number of β-amino-alcohol motifs (C(OH)–C–C–N with tert-alkyl or cyclic N) is 1. The summed E-state index contributed by atoms with van der Waals surface area (Å²) in [5, 5.41) is 13.2. The lowest BCUT2D eigenvalue weighted by atomic mass is 10.0. The summed E-state index contributed by atoms with van der Waals surface area (Å²) in [7, 11) is 3.16. The molecule has 6 heteroatoms. The van der Waals surface area contributed by atoms with E-state index in [2.05, 4.69) is 5.32 Å². The number of benzene rings is 1. The highest BCUT2D eigenvalue weighted by atomic mass is 16.6. The molecule has 1 aromatic rings. The van der Waals surface area contributed by atoms with Gasteiger partial charge < -0.3 is 24.6 Å². The van der Waals surface area contributed by atoms with E-state index in [4.69, 9.17) is 14.2 Å². The molecule has 1 aliphatic heterocycles. The van der Waals surface area contributed by atoms with Crippen molar-refractivity contribution in [1.29, 1.82) is 0 Å². The van der Waals surface area contributed by atoms with Crippen LogP contribution in [-0.4, -0.2) is 56.7 Å². The fraction of sp³-hybridized carbons (Fsp3) is 0.562. The van der Waals surface area contributed by atoms with Crippen LogP contribution in [0.1, 0.15) is 12.0 Å². The van der Waals surface area contributed by atoms with Gasteiger partial charge in [0.25, 0.3) is 0 Å². The number of ether oxygens (including phenoxy) is 3. The number of hydrogen-bond donors (Lipinski definition) is 2. The molecule has 6 nitrogen and oxygen atoms in total. The Hall–Kier alpha value is -1.63. The van der Waals surface area contributed by atoms with E-state index in [0.717, 1.165) is 11.3 Å². The number of hydrogen-bond acceptors (Lipinski definition) is 6. The third kappa shape index (κ3) is 4.43. The van der Waals surface area contributed by atoms with E-state index in [-0.39, 0.29) is 18.4 Å². The molecular weight excluding hydrogens is 286 g/mol. The highest BCUT2D eigenvalue weighted by molar-refractivity contribution is 5.69. The average Bonchev–Trinajstić information content (AvgIpc) is 2.87. The molecule has 1 aromatic carbocycles. The summed E-state index contributed by atoms with van der Waals surface area (Å²) in [5.41, 5.74) is 1.09. The van der Waals surface area contributed by atoms with Gasteiger partial charge in [-0.15, -0.1) is 0 Å². The van der Waals surface area contributed by atoms with Gasteiger partial charge in [0.05, 0.1) is 26.2 Å². The zero-order valence-electron chi connectivity index (χ0n) is 13.0. The Morgan fingerprint density at radius 3 is 2.68 bits per heavy atom. The van der Waals surface area contributed by atoms with Crippen molar-refractivity contribution in [3.05, 3.63) is 29.8 Å². The van der Waals surface area contributed by atoms with Crippen LogP contribution in [0.25, 0.3) is 0 Å². The van der Waals surface area contributed by atoms with Crippen LogP contribution in [0, 0.1) is 0 Å². The number of nitrogens with one attached hydrogen (secondary N) is 1. The van der Waals surface area contributed by atoms with Gasteiger partial charge in [0.2, 0.25) is 0 Å². The van der Waals surface area contributed by atoms with Crippen molar-refractivity contribution >= 4 is 5.97 Å². The molecule has 0 aromatic heterocycles. The fourth-order valence-corrected chi connectivity index (χ4v) is 2.53. The van der Waals surface area contributed by atoms with Crippen molar-refractivity contribution in [3.63, 3.8) is 0 Å². The minimum atomic E-state index is -0.685. The number of aliphatic hydroxyl groups is 1. The Labute approximate surface area is 130 Å². The van der Waals surface area contributed by atoms with E-state index in [1.807, 2.05) is 24.3 Å². The Bertz CT molecular complexity index is 476. The summed E-state index contributed by atoms with van der Waals surface area (Å²) < 4.78 is 15.4. The summed E-state index contributed by atoms with van der Waals surface area (Å²) in [6, 6.07) is 7.61. The third-order valence-electron chi connectivity index (χ3n) is 3.76. The maximum atomic E-state index is 11.7. The zero-order chi connectivity index (χ0) is 15.9. The smallest absolute Gasteiger partial charge is 0.308 e. The second-order valence-corrected chi connectivity index (χ2v) is 5.33. The average molecular weight is 309 g/mol. The number of esters is 1. The Balaban J connectivity index is 1.94. The summed E-state index contributed by atoms with van der Waals surface area (Å²) in [6.07, 6.45) is -0.362. The van der Waals surface area contributed by atoms with Gasteiger partial charge in [-0.25, -0.2) is 0 Å².